The smallest absolute Gasteiger partial charge is 0.263 e. The Labute approximate surface area is 230 Å². The van der Waals surface area contributed by atoms with Gasteiger partial charge in [-0.2, -0.15) is 5.26 Å². The number of nitrogens with one attached hydrogen (secondary N) is 1. The summed E-state index contributed by atoms with van der Waals surface area (Å²) in [5.41, 5.74) is 4.25. The standard InChI is InChI=1S/C32H25N7O/c1-3-27(38-31-26-14-21(16-33)12-13-28(26)36-19-37-31)29-15-22-8-7-11-25(23-17-34-20(2)35-18-23)30(22)32(40)39(29)24-9-5-4-6-10-24/h4-15,17-19,27H,3H2,1-2H3,(H,36,37,38)/t27-/m0/s1. The average molecular weight is 524 g/mol. The van der Waals surface area contributed by atoms with Crippen LogP contribution in [0.4, 0.5) is 5.82 Å². The molecule has 1 N–H and O–H groups in total. The highest BCUT2D eigenvalue weighted by Gasteiger charge is 2.21. The highest BCUT2D eigenvalue weighted by molar-refractivity contribution is 5.96. The summed E-state index contributed by atoms with van der Waals surface area (Å²) < 4.78 is 1.77. The molecule has 6 aromatic rings. The Kier molecular flexibility index (Phi) is 6.46. The number of para-hydroxylation sites is 1. The first-order chi connectivity index (χ1) is 19.6. The van der Waals surface area contributed by atoms with Crippen LogP contribution in [0.15, 0.2) is 96.3 Å². The predicted molar refractivity (Wildman–Crippen MR) is 156 cm³/mol. The van der Waals surface area contributed by atoms with E-state index in [4.69, 9.17) is 0 Å². The monoisotopic (exact) mass is 523 g/mol. The van der Waals surface area contributed by atoms with Gasteiger partial charge < -0.3 is 5.32 Å². The van der Waals surface area contributed by atoms with Crippen LogP contribution < -0.4 is 10.9 Å². The second-order valence-electron chi connectivity index (χ2n) is 9.51. The molecule has 0 aliphatic rings. The van der Waals surface area contributed by atoms with E-state index in [0.29, 0.717) is 29.0 Å². The van der Waals surface area contributed by atoms with E-state index in [1.807, 2.05) is 61.5 Å². The summed E-state index contributed by atoms with van der Waals surface area (Å²) in [7, 11) is 0. The number of nitrogens with zero attached hydrogens (tertiary/aromatic N) is 6. The molecule has 3 aromatic carbocycles. The number of pyridine rings is 1. The highest BCUT2D eigenvalue weighted by Crippen LogP contribution is 2.32. The van der Waals surface area contributed by atoms with Crippen molar-refractivity contribution >= 4 is 27.5 Å². The van der Waals surface area contributed by atoms with E-state index in [0.717, 1.165) is 38.8 Å². The van der Waals surface area contributed by atoms with Gasteiger partial charge in [-0.15, -0.1) is 0 Å². The molecule has 0 bridgehead atoms. The number of nitriles is 1. The quantitative estimate of drug-likeness (QED) is 0.279. The summed E-state index contributed by atoms with van der Waals surface area (Å²) in [5.74, 6) is 1.27. The lowest BCUT2D eigenvalue weighted by Crippen LogP contribution is -2.27. The molecule has 3 heterocycles. The van der Waals surface area contributed by atoms with Crippen LogP contribution in [-0.4, -0.2) is 24.5 Å². The van der Waals surface area contributed by atoms with Crippen LogP contribution in [0.2, 0.25) is 0 Å². The summed E-state index contributed by atoms with van der Waals surface area (Å²) in [6.45, 7) is 3.90. The maximum absolute atomic E-state index is 14.4. The zero-order chi connectivity index (χ0) is 27.6. The van der Waals surface area contributed by atoms with Gasteiger partial charge in [-0.05, 0) is 60.7 Å². The fourth-order valence-corrected chi connectivity index (χ4v) is 5.05. The first-order valence-electron chi connectivity index (χ1n) is 13.0. The van der Waals surface area contributed by atoms with Gasteiger partial charge >= 0.3 is 0 Å². The van der Waals surface area contributed by atoms with Gasteiger partial charge in [0, 0.05) is 34.7 Å². The lowest BCUT2D eigenvalue weighted by Gasteiger charge is -2.24. The van der Waals surface area contributed by atoms with Crippen LogP contribution in [0.3, 0.4) is 0 Å². The normalized spacial score (nSPS) is 11.8. The second-order valence-corrected chi connectivity index (χ2v) is 9.51. The molecule has 0 saturated heterocycles. The Morgan fingerprint density at radius 1 is 0.950 bits per heavy atom. The molecule has 0 aliphatic heterocycles. The van der Waals surface area contributed by atoms with Gasteiger partial charge in [-0.25, -0.2) is 19.9 Å². The second kappa shape index (κ2) is 10.4. The van der Waals surface area contributed by atoms with Crippen molar-refractivity contribution in [2.75, 3.05) is 5.32 Å². The molecule has 0 radical (unpaired) electrons. The van der Waals surface area contributed by atoms with E-state index in [1.54, 1.807) is 29.1 Å². The third kappa shape index (κ3) is 4.44. The lowest BCUT2D eigenvalue weighted by molar-refractivity contribution is 0.689. The molecule has 0 aliphatic carbocycles. The molecule has 0 saturated carbocycles. The van der Waals surface area contributed by atoms with Crippen LogP contribution >= 0.6 is 0 Å². The molecule has 40 heavy (non-hydrogen) atoms. The zero-order valence-corrected chi connectivity index (χ0v) is 22.0. The molecule has 3 aromatic heterocycles. The summed E-state index contributed by atoms with van der Waals surface area (Å²) in [4.78, 5) is 32.0. The molecular formula is C32H25N7O. The third-order valence-corrected chi connectivity index (χ3v) is 7.02. The van der Waals surface area contributed by atoms with Crippen molar-refractivity contribution in [3.05, 3.63) is 119 Å². The molecule has 0 unspecified atom stereocenters. The maximum atomic E-state index is 14.4. The Bertz CT molecular complexity index is 1960. The van der Waals surface area contributed by atoms with E-state index in [1.165, 1.54) is 6.33 Å². The minimum atomic E-state index is -0.271. The summed E-state index contributed by atoms with van der Waals surface area (Å²) in [6.07, 6.45) is 5.68. The fraction of sp³-hybridized carbons (Fsp3) is 0.125. The number of rotatable bonds is 6. The summed E-state index contributed by atoms with van der Waals surface area (Å²) >= 11 is 0. The Morgan fingerprint density at radius 3 is 2.50 bits per heavy atom. The van der Waals surface area contributed by atoms with Crippen molar-refractivity contribution in [3.8, 4) is 22.9 Å². The van der Waals surface area contributed by atoms with Gasteiger partial charge in [-0.1, -0.05) is 43.3 Å². The number of anilines is 1. The first-order valence-corrected chi connectivity index (χ1v) is 13.0. The number of hydrogen-bond donors (Lipinski definition) is 1. The number of aryl methyl sites for hydroxylation is 1. The van der Waals surface area contributed by atoms with Crippen LogP contribution in [0.1, 0.15) is 36.5 Å². The Morgan fingerprint density at radius 2 is 1.75 bits per heavy atom. The highest BCUT2D eigenvalue weighted by atomic mass is 16.1. The predicted octanol–water partition coefficient (Wildman–Crippen LogP) is 6.13. The summed E-state index contributed by atoms with van der Waals surface area (Å²) in [6, 6.07) is 24.8. The molecular weight excluding hydrogens is 498 g/mol. The van der Waals surface area contributed by atoms with Crippen LogP contribution in [0, 0.1) is 18.3 Å². The largest absolute Gasteiger partial charge is 0.361 e. The van der Waals surface area contributed by atoms with Gasteiger partial charge in [0.05, 0.1) is 28.6 Å². The van der Waals surface area contributed by atoms with Gasteiger partial charge in [0.1, 0.15) is 18.0 Å². The van der Waals surface area contributed by atoms with Gasteiger partial charge in [0.15, 0.2) is 0 Å². The molecule has 6 rings (SSSR count). The Balaban J connectivity index is 1.58. The molecule has 0 fully saturated rings. The topological polar surface area (TPSA) is 109 Å². The van der Waals surface area contributed by atoms with Crippen molar-refractivity contribution in [1.29, 1.82) is 5.26 Å². The Hall–Kier alpha value is -5.42. The van der Waals surface area contributed by atoms with Crippen LogP contribution in [0.5, 0.6) is 0 Å². The van der Waals surface area contributed by atoms with Crippen molar-refractivity contribution < 1.29 is 0 Å². The van der Waals surface area contributed by atoms with Gasteiger partial charge in [0.2, 0.25) is 0 Å². The SMILES string of the molecule is CC[C@H](Nc1ncnc2ccc(C#N)cc12)c1cc2cccc(-c3cnc(C)nc3)c2c(=O)n1-c1ccccc1. The van der Waals surface area contributed by atoms with Gasteiger partial charge in [-0.3, -0.25) is 9.36 Å². The molecule has 8 heteroatoms. The summed E-state index contributed by atoms with van der Waals surface area (Å²) in [5, 5.41) is 15.2. The molecule has 194 valence electrons. The average Bonchev–Trinajstić information content (AvgIpc) is 3.00. The number of benzene rings is 3. The zero-order valence-electron chi connectivity index (χ0n) is 22.0. The number of aromatic nitrogens is 5. The molecule has 0 spiro atoms. The van der Waals surface area contributed by atoms with Gasteiger partial charge in [0.25, 0.3) is 5.56 Å². The molecule has 8 nitrogen and oxygen atoms in total. The van der Waals surface area contributed by atoms with Crippen molar-refractivity contribution in [1.82, 2.24) is 24.5 Å². The number of hydrogen-bond acceptors (Lipinski definition) is 7. The van der Waals surface area contributed by atoms with E-state index < -0.39 is 0 Å². The lowest BCUT2D eigenvalue weighted by atomic mass is 9.98. The van der Waals surface area contributed by atoms with E-state index in [-0.39, 0.29) is 11.6 Å². The van der Waals surface area contributed by atoms with Crippen molar-refractivity contribution in [2.24, 2.45) is 0 Å². The van der Waals surface area contributed by atoms with E-state index in [2.05, 4.69) is 44.3 Å². The van der Waals surface area contributed by atoms with Crippen molar-refractivity contribution in [3.63, 3.8) is 0 Å². The minimum absolute atomic E-state index is 0.130. The van der Waals surface area contributed by atoms with E-state index >= 15 is 0 Å². The maximum Gasteiger partial charge on any atom is 0.263 e. The third-order valence-electron chi connectivity index (χ3n) is 7.02. The minimum Gasteiger partial charge on any atom is -0.361 e. The molecule has 1 atom stereocenters. The van der Waals surface area contributed by atoms with E-state index in [9.17, 15) is 10.1 Å². The van der Waals surface area contributed by atoms with Crippen molar-refractivity contribution in [2.45, 2.75) is 26.3 Å². The van der Waals surface area contributed by atoms with Crippen LogP contribution in [-0.2, 0) is 0 Å². The molecule has 0 amide bonds. The fourth-order valence-electron chi connectivity index (χ4n) is 5.05. The first kappa shape index (κ1) is 24.9. The number of fused-ring (bicyclic) bond motifs is 2. The van der Waals surface area contributed by atoms with Crippen LogP contribution in [0.25, 0.3) is 38.5 Å².